The first-order valence-electron chi connectivity index (χ1n) is 8.07. The minimum Gasteiger partial charge on any atom is -0.444 e. The third kappa shape index (κ3) is 3.83. The zero-order valence-corrected chi connectivity index (χ0v) is 15.7. The van der Waals surface area contributed by atoms with E-state index in [1.807, 2.05) is 26.8 Å². The molecule has 3 heterocycles. The molecule has 7 heteroatoms. The summed E-state index contributed by atoms with van der Waals surface area (Å²) in [4.78, 5) is 27.2. The summed E-state index contributed by atoms with van der Waals surface area (Å²) in [5.74, 6) is 0.280. The number of nitrogens with zero attached hydrogens (tertiary/aromatic N) is 4. The van der Waals surface area contributed by atoms with Crippen LogP contribution in [0.15, 0.2) is 23.1 Å². The largest absolute Gasteiger partial charge is 0.444 e. The summed E-state index contributed by atoms with van der Waals surface area (Å²) in [6, 6.07) is 1.95. The smallest absolute Gasteiger partial charge is 0.410 e. The van der Waals surface area contributed by atoms with E-state index >= 15 is 0 Å². The highest BCUT2D eigenvalue weighted by Gasteiger charge is 2.29. The number of hydrogen-bond donors (Lipinski definition) is 0. The molecule has 0 unspecified atom stereocenters. The Balaban J connectivity index is 1.72. The number of halogens is 1. The summed E-state index contributed by atoms with van der Waals surface area (Å²) in [5, 5.41) is 0. The van der Waals surface area contributed by atoms with Crippen LogP contribution in [0.25, 0.3) is 11.0 Å². The van der Waals surface area contributed by atoms with Crippen molar-refractivity contribution >= 4 is 33.1 Å². The van der Waals surface area contributed by atoms with Crippen molar-refractivity contribution in [3.05, 3.63) is 28.8 Å². The van der Waals surface area contributed by atoms with Crippen LogP contribution < -0.4 is 0 Å². The van der Waals surface area contributed by atoms with E-state index in [2.05, 4.69) is 30.9 Å². The maximum absolute atomic E-state index is 12.2. The third-order valence-electron chi connectivity index (χ3n) is 4.00. The molecule has 1 amide bonds. The molecule has 1 fully saturated rings. The van der Waals surface area contributed by atoms with Crippen molar-refractivity contribution in [2.24, 2.45) is 0 Å². The molecule has 2 aromatic rings. The van der Waals surface area contributed by atoms with Gasteiger partial charge >= 0.3 is 6.09 Å². The Morgan fingerprint density at radius 3 is 2.62 bits per heavy atom. The van der Waals surface area contributed by atoms with Gasteiger partial charge in [0.2, 0.25) is 0 Å². The highest BCUT2D eigenvalue weighted by Crippen LogP contribution is 2.31. The van der Waals surface area contributed by atoms with Crippen molar-refractivity contribution in [3.8, 4) is 0 Å². The number of hydrogen-bond acceptors (Lipinski definition) is 5. The van der Waals surface area contributed by atoms with Gasteiger partial charge in [0.1, 0.15) is 17.4 Å². The van der Waals surface area contributed by atoms with E-state index in [1.54, 1.807) is 17.4 Å². The molecule has 1 saturated heterocycles. The number of likely N-dealkylation sites (tertiary alicyclic amines) is 1. The Morgan fingerprint density at radius 1 is 1.25 bits per heavy atom. The number of fused-ring (bicyclic) bond motifs is 1. The fraction of sp³-hybridized carbons (Fsp3) is 0.529. The van der Waals surface area contributed by atoms with Crippen molar-refractivity contribution in [2.75, 3.05) is 13.1 Å². The van der Waals surface area contributed by atoms with Crippen molar-refractivity contribution in [3.63, 3.8) is 0 Å². The summed E-state index contributed by atoms with van der Waals surface area (Å²) < 4.78 is 6.35. The highest BCUT2D eigenvalue weighted by atomic mass is 79.9. The van der Waals surface area contributed by atoms with E-state index in [4.69, 9.17) is 4.74 Å². The third-order valence-corrected chi connectivity index (χ3v) is 4.44. The SMILES string of the molecule is CC(C)(C)OC(=O)N1CCC(c2ncnc3cc(Br)cnc23)CC1. The van der Waals surface area contributed by atoms with Gasteiger partial charge < -0.3 is 9.64 Å². The number of ether oxygens (including phenoxy) is 1. The Kier molecular flexibility index (Phi) is 4.71. The van der Waals surface area contributed by atoms with Gasteiger partial charge in [0.15, 0.2) is 0 Å². The van der Waals surface area contributed by atoms with Crippen LogP contribution in [0.2, 0.25) is 0 Å². The fourth-order valence-corrected chi connectivity index (χ4v) is 3.22. The maximum atomic E-state index is 12.2. The molecule has 0 N–H and O–H groups in total. The lowest BCUT2D eigenvalue weighted by molar-refractivity contribution is 0.0204. The van der Waals surface area contributed by atoms with E-state index in [1.165, 1.54) is 0 Å². The lowest BCUT2D eigenvalue weighted by Gasteiger charge is -2.33. The molecule has 24 heavy (non-hydrogen) atoms. The van der Waals surface area contributed by atoms with Gasteiger partial charge in [0.25, 0.3) is 0 Å². The normalized spacial score (nSPS) is 16.4. The molecule has 6 nitrogen and oxygen atoms in total. The molecule has 0 atom stereocenters. The second-order valence-corrected chi connectivity index (χ2v) is 7.94. The first-order chi connectivity index (χ1) is 11.3. The lowest BCUT2D eigenvalue weighted by Crippen LogP contribution is -2.41. The molecule has 128 valence electrons. The lowest BCUT2D eigenvalue weighted by atomic mass is 9.92. The molecule has 0 radical (unpaired) electrons. The highest BCUT2D eigenvalue weighted by molar-refractivity contribution is 9.10. The number of aromatic nitrogens is 3. The van der Waals surface area contributed by atoms with Gasteiger partial charge in [-0.15, -0.1) is 0 Å². The molecular formula is C17H21BrN4O2. The van der Waals surface area contributed by atoms with Crippen molar-refractivity contribution < 1.29 is 9.53 Å². The molecule has 2 aromatic heterocycles. The van der Waals surface area contributed by atoms with Crippen molar-refractivity contribution in [1.29, 1.82) is 0 Å². The van der Waals surface area contributed by atoms with E-state index < -0.39 is 5.60 Å². The Morgan fingerprint density at radius 2 is 1.96 bits per heavy atom. The topological polar surface area (TPSA) is 68.2 Å². The van der Waals surface area contributed by atoms with Crippen LogP contribution in [0.3, 0.4) is 0 Å². The quantitative estimate of drug-likeness (QED) is 0.735. The molecular weight excluding hydrogens is 372 g/mol. The van der Waals surface area contributed by atoms with Gasteiger partial charge in [-0.3, -0.25) is 4.98 Å². The molecule has 0 bridgehead atoms. The standard InChI is InChI=1S/C17H21BrN4O2/c1-17(2,3)24-16(23)22-6-4-11(5-7-22)14-15-13(20-10-21-14)8-12(18)9-19-15/h8-11H,4-7H2,1-3H3. The number of amides is 1. The van der Waals surface area contributed by atoms with Crippen LogP contribution >= 0.6 is 15.9 Å². The van der Waals surface area contributed by atoms with Gasteiger partial charge in [-0.25, -0.2) is 14.8 Å². The summed E-state index contributed by atoms with van der Waals surface area (Å²) >= 11 is 3.42. The Hall–Kier alpha value is -1.76. The molecule has 0 aliphatic carbocycles. The number of piperidine rings is 1. The number of pyridine rings is 1. The zero-order chi connectivity index (χ0) is 17.3. The van der Waals surface area contributed by atoms with Gasteiger partial charge in [0.05, 0.1) is 11.2 Å². The van der Waals surface area contributed by atoms with Crippen LogP contribution in [-0.4, -0.2) is 44.6 Å². The molecule has 0 aromatic carbocycles. The van der Waals surface area contributed by atoms with Gasteiger partial charge in [-0.2, -0.15) is 0 Å². The van der Waals surface area contributed by atoms with E-state index in [0.29, 0.717) is 13.1 Å². The Bertz CT molecular complexity index is 752. The first kappa shape index (κ1) is 17.1. The van der Waals surface area contributed by atoms with Crippen LogP contribution in [0.5, 0.6) is 0 Å². The maximum Gasteiger partial charge on any atom is 0.410 e. The monoisotopic (exact) mass is 392 g/mol. The minimum atomic E-state index is -0.464. The number of carbonyl (C=O) groups is 1. The minimum absolute atomic E-state index is 0.240. The van der Waals surface area contributed by atoms with E-state index in [9.17, 15) is 4.79 Å². The molecule has 0 spiro atoms. The second kappa shape index (κ2) is 6.63. The van der Waals surface area contributed by atoms with Crippen LogP contribution in [-0.2, 0) is 4.74 Å². The predicted octanol–water partition coefficient (Wildman–Crippen LogP) is 3.90. The summed E-state index contributed by atoms with van der Waals surface area (Å²) in [5.41, 5.74) is 2.19. The molecule has 0 saturated carbocycles. The fourth-order valence-electron chi connectivity index (χ4n) is 2.90. The number of rotatable bonds is 1. The van der Waals surface area contributed by atoms with E-state index in [0.717, 1.165) is 34.0 Å². The van der Waals surface area contributed by atoms with E-state index in [-0.39, 0.29) is 12.0 Å². The average molecular weight is 393 g/mol. The molecule has 1 aliphatic heterocycles. The van der Waals surface area contributed by atoms with Crippen molar-refractivity contribution in [1.82, 2.24) is 19.9 Å². The summed E-state index contributed by atoms with van der Waals surface area (Å²) in [6.07, 6.45) is 4.82. The van der Waals surface area contributed by atoms with Crippen molar-refractivity contribution in [2.45, 2.75) is 45.1 Å². The van der Waals surface area contributed by atoms with Crippen LogP contribution in [0, 0.1) is 0 Å². The van der Waals surface area contributed by atoms with Gasteiger partial charge in [0, 0.05) is 29.7 Å². The molecule has 3 rings (SSSR count). The Labute approximate surface area is 149 Å². The average Bonchev–Trinajstić information content (AvgIpc) is 2.52. The van der Waals surface area contributed by atoms with Crippen LogP contribution in [0.4, 0.5) is 4.79 Å². The van der Waals surface area contributed by atoms with Crippen LogP contribution in [0.1, 0.15) is 45.2 Å². The van der Waals surface area contributed by atoms with Gasteiger partial charge in [-0.1, -0.05) is 0 Å². The molecule has 1 aliphatic rings. The summed E-state index contributed by atoms with van der Waals surface area (Å²) in [7, 11) is 0. The number of carbonyl (C=O) groups excluding carboxylic acids is 1. The summed E-state index contributed by atoms with van der Waals surface area (Å²) in [6.45, 7) is 6.99. The first-order valence-corrected chi connectivity index (χ1v) is 8.87. The second-order valence-electron chi connectivity index (χ2n) is 7.02. The zero-order valence-electron chi connectivity index (χ0n) is 14.1. The predicted molar refractivity (Wildman–Crippen MR) is 94.8 cm³/mol. The van der Waals surface area contributed by atoms with Gasteiger partial charge in [-0.05, 0) is 55.6 Å².